The molecule has 0 saturated carbocycles. The van der Waals surface area contributed by atoms with Gasteiger partial charge in [-0.2, -0.15) is 4.72 Å². The Bertz CT molecular complexity index is 1500. The van der Waals surface area contributed by atoms with E-state index in [1.54, 1.807) is 36.2 Å². The van der Waals surface area contributed by atoms with Crippen molar-refractivity contribution in [1.82, 2.24) is 14.6 Å². The largest absolute Gasteiger partial charge is 0.397 e. The van der Waals surface area contributed by atoms with Gasteiger partial charge >= 0.3 is 0 Å². The number of nitrogens with zero attached hydrogens (tertiary/aromatic N) is 2. The fraction of sp³-hybridized carbons (Fsp3) is 0.406. The molecule has 2 aromatic carbocycles. The summed E-state index contributed by atoms with van der Waals surface area (Å²) in [5.41, 5.74) is 9.71. The summed E-state index contributed by atoms with van der Waals surface area (Å²) in [7, 11) is -4.22. The number of pyridine rings is 1. The number of nitrogens with one attached hydrogen (secondary N) is 2. The summed E-state index contributed by atoms with van der Waals surface area (Å²) in [6.45, 7) is 7.01. The van der Waals surface area contributed by atoms with Gasteiger partial charge in [-0.1, -0.05) is 55.8 Å². The fourth-order valence-corrected chi connectivity index (χ4v) is 6.58. The van der Waals surface area contributed by atoms with Crippen molar-refractivity contribution in [3.8, 4) is 11.1 Å². The van der Waals surface area contributed by atoms with Gasteiger partial charge in [0.05, 0.1) is 17.6 Å². The van der Waals surface area contributed by atoms with Crippen molar-refractivity contribution < 1.29 is 18.0 Å². The predicted molar refractivity (Wildman–Crippen MR) is 166 cm³/mol. The number of rotatable bonds is 11. The molecule has 0 spiro atoms. The predicted octanol–water partition coefficient (Wildman–Crippen LogP) is 4.92. The van der Waals surface area contributed by atoms with Gasteiger partial charge in [0, 0.05) is 30.8 Å². The van der Waals surface area contributed by atoms with E-state index in [1.807, 2.05) is 37.3 Å². The third-order valence-electron chi connectivity index (χ3n) is 7.69. The van der Waals surface area contributed by atoms with Crippen molar-refractivity contribution in [3.63, 3.8) is 0 Å². The maximum Gasteiger partial charge on any atom is 0.243 e. The van der Waals surface area contributed by atoms with Crippen molar-refractivity contribution in [3.05, 3.63) is 72.1 Å². The Balaban J connectivity index is 1.66. The van der Waals surface area contributed by atoms with Crippen LogP contribution in [-0.2, 0) is 26.0 Å². The van der Waals surface area contributed by atoms with E-state index in [0.29, 0.717) is 49.5 Å². The molecule has 1 saturated heterocycles. The summed E-state index contributed by atoms with van der Waals surface area (Å²) in [5, 5.41) is 2.82. The third kappa shape index (κ3) is 7.95. The number of carbonyl (C=O) groups excluding carboxylic acids is 2. The van der Waals surface area contributed by atoms with Crippen molar-refractivity contribution in [1.29, 1.82) is 0 Å². The first-order valence-electron chi connectivity index (χ1n) is 14.6. The lowest BCUT2D eigenvalue weighted by atomic mass is 9.98. The number of aryl methyl sites for hydroxylation is 2. The number of sulfonamides is 1. The molecule has 42 heavy (non-hydrogen) atoms. The Labute approximate surface area is 249 Å². The molecule has 1 aromatic heterocycles. The Hall–Kier alpha value is -3.76. The van der Waals surface area contributed by atoms with Gasteiger partial charge in [-0.15, -0.1) is 0 Å². The van der Waals surface area contributed by atoms with E-state index in [1.165, 1.54) is 6.07 Å². The van der Waals surface area contributed by atoms with E-state index >= 15 is 0 Å². The summed E-state index contributed by atoms with van der Waals surface area (Å²) >= 11 is 0. The molecule has 2 heterocycles. The molecule has 0 bridgehead atoms. The van der Waals surface area contributed by atoms with Crippen LogP contribution in [0, 0.1) is 12.8 Å². The molecule has 9 nitrogen and oxygen atoms in total. The average molecular weight is 592 g/mol. The molecule has 3 aromatic rings. The first-order valence-corrected chi connectivity index (χ1v) is 16.1. The van der Waals surface area contributed by atoms with Gasteiger partial charge in [0.1, 0.15) is 10.9 Å². The lowest BCUT2D eigenvalue weighted by Gasteiger charge is -2.33. The number of piperidine rings is 1. The molecular weight excluding hydrogens is 550 g/mol. The highest BCUT2D eigenvalue weighted by Crippen LogP contribution is 2.34. The smallest absolute Gasteiger partial charge is 0.243 e. The van der Waals surface area contributed by atoms with Crippen LogP contribution in [0.5, 0.6) is 0 Å². The Kier molecular flexibility index (Phi) is 10.3. The zero-order chi connectivity index (χ0) is 30.3. The molecule has 224 valence electrons. The molecule has 10 heteroatoms. The number of hydrogen-bond acceptors (Lipinski definition) is 6. The molecular formula is C32H41N5O4S. The summed E-state index contributed by atoms with van der Waals surface area (Å²) in [6.07, 6.45) is 4.95. The minimum absolute atomic E-state index is 0.0754. The second-order valence-electron chi connectivity index (χ2n) is 11.1. The lowest BCUT2D eigenvalue weighted by molar-refractivity contribution is -0.134. The number of carbonyl (C=O) groups is 2. The van der Waals surface area contributed by atoms with Crippen LogP contribution in [0.2, 0.25) is 0 Å². The monoisotopic (exact) mass is 591 g/mol. The molecule has 0 aliphatic carbocycles. The second-order valence-corrected chi connectivity index (χ2v) is 12.8. The maximum absolute atomic E-state index is 14.0. The molecule has 2 amide bonds. The molecule has 1 atom stereocenters. The van der Waals surface area contributed by atoms with Crippen molar-refractivity contribution in [2.24, 2.45) is 5.92 Å². The van der Waals surface area contributed by atoms with E-state index in [4.69, 9.17) is 5.73 Å². The number of likely N-dealkylation sites (tertiary alicyclic amines) is 1. The molecule has 1 aliphatic heterocycles. The topological polar surface area (TPSA) is 134 Å². The molecule has 1 aliphatic rings. The van der Waals surface area contributed by atoms with Gasteiger partial charge in [-0.05, 0) is 68.7 Å². The van der Waals surface area contributed by atoms with E-state index in [0.717, 1.165) is 29.7 Å². The van der Waals surface area contributed by atoms with E-state index < -0.39 is 16.1 Å². The first-order chi connectivity index (χ1) is 20.1. The first kappa shape index (κ1) is 31.2. The zero-order valence-corrected chi connectivity index (χ0v) is 25.4. The van der Waals surface area contributed by atoms with Crippen molar-refractivity contribution >= 4 is 33.2 Å². The third-order valence-corrected chi connectivity index (χ3v) is 9.21. The van der Waals surface area contributed by atoms with Crippen LogP contribution in [0.25, 0.3) is 11.1 Å². The number of nitrogen functional groups attached to an aromatic ring is 1. The summed E-state index contributed by atoms with van der Waals surface area (Å²) in [5.74, 6) is -0.0165. The van der Waals surface area contributed by atoms with Gasteiger partial charge < -0.3 is 16.0 Å². The van der Waals surface area contributed by atoms with Crippen LogP contribution in [0.15, 0.2) is 65.7 Å². The number of benzene rings is 2. The highest BCUT2D eigenvalue weighted by Gasteiger charge is 2.32. The number of anilines is 2. The standard InChI is InChI=1S/C32H41N5O4S/c1-4-30(38)35-31-27(24-9-5-8-23(3)20-24)11-7-13-29(31)42(40,41)36-28(32(39)37-18-16-22(2)17-19-37)12-6-10-26-15-14-25(33)21-34-26/h5,7-9,11,13-15,20-22,28,36H,4,6,10,12,16-19,33H2,1-3H3,(H,35,38)/t28-/m0/s1. The highest BCUT2D eigenvalue weighted by atomic mass is 32.2. The van der Waals surface area contributed by atoms with Crippen LogP contribution in [0.1, 0.15) is 57.2 Å². The number of amides is 2. The van der Waals surface area contributed by atoms with Crippen LogP contribution in [0.3, 0.4) is 0 Å². The molecule has 0 radical (unpaired) electrons. The molecule has 0 unspecified atom stereocenters. The van der Waals surface area contributed by atoms with Crippen LogP contribution in [-0.4, -0.2) is 49.2 Å². The summed E-state index contributed by atoms with van der Waals surface area (Å²) in [4.78, 5) is 32.3. The van der Waals surface area contributed by atoms with Crippen LogP contribution >= 0.6 is 0 Å². The highest BCUT2D eigenvalue weighted by molar-refractivity contribution is 7.89. The van der Waals surface area contributed by atoms with Gasteiger partial charge in [0.25, 0.3) is 0 Å². The Morgan fingerprint density at radius 3 is 2.50 bits per heavy atom. The minimum Gasteiger partial charge on any atom is -0.397 e. The fourth-order valence-electron chi connectivity index (χ4n) is 5.17. The summed E-state index contributed by atoms with van der Waals surface area (Å²) in [6, 6.07) is 15.2. The number of nitrogens with two attached hydrogens (primary N) is 1. The van der Waals surface area contributed by atoms with Gasteiger partial charge in [-0.3, -0.25) is 14.6 Å². The Morgan fingerprint density at radius 1 is 1.10 bits per heavy atom. The number of aromatic nitrogens is 1. The Morgan fingerprint density at radius 2 is 1.83 bits per heavy atom. The molecule has 4 rings (SSSR count). The SMILES string of the molecule is CCC(=O)Nc1c(-c2cccc(C)c2)cccc1S(=O)(=O)N[C@@H](CCCc1ccc(N)cn1)C(=O)N1CCC(C)CC1. The maximum atomic E-state index is 14.0. The second kappa shape index (κ2) is 13.9. The average Bonchev–Trinajstić information content (AvgIpc) is 2.97. The van der Waals surface area contributed by atoms with Gasteiger partial charge in [0.15, 0.2) is 0 Å². The quantitative estimate of drug-likeness (QED) is 0.290. The van der Waals surface area contributed by atoms with E-state index in [9.17, 15) is 18.0 Å². The van der Waals surface area contributed by atoms with Crippen molar-refractivity contribution in [2.45, 2.75) is 70.2 Å². The van der Waals surface area contributed by atoms with Crippen LogP contribution < -0.4 is 15.8 Å². The van der Waals surface area contributed by atoms with E-state index in [-0.39, 0.29) is 28.8 Å². The van der Waals surface area contributed by atoms with Crippen molar-refractivity contribution in [2.75, 3.05) is 24.1 Å². The number of hydrogen-bond donors (Lipinski definition) is 3. The van der Waals surface area contributed by atoms with E-state index in [2.05, 4.69) is 21.9 Å². The zero-order valence-electron chi connectivity index (χ0n) is 24.6. The normalized spacial score (nSPS) is 14.9. The molecule has 1 fully saturated rings. The lowest BCUT2D eigenvalue weighted by Crippen LogP contribution is -2.50. The molecule has 4 N–H and O–H groups in total. The summed E-state index contributed by atoms with van der Waals surface area (Å²) < 4.78 is 30.8. The van der Waals surface area contributed by atoms with Crippen LogP contribution in [0.4, 0.5) is 11.4 Å². The van der Waals surface area contributed by atoms with Gasteiger partial charge in [-0.25, -0.2) is 8.42 Å². The minimum atomic E-state index is -4.22. The number of para-hydroxylation sites is 1. The van der Waals surface area contributed by atoms with Gasteiger partial charge in [0.2, 0.25) is 21.8 Å².